The summed E-state index contributed by atoms with van der Waals surface area (Å²) in [5, 5.41) is 3.77. The molecule has 1 N–H and O–H groups in total. The molecule has 7 heteroatoms. The topological polar surface area (TPSA) is 75.4 Å². The van der Waals surface area contributed by atoms with E-state index in [1.807, 2.05) is 38.1 Å². The van der Waals surface area contributed by atoms with E-state index in [4.69, 9.17) is 16.0 Å². The first-order chi connectivity index (χ1) is 13.9. The van der Waals surface area contributed by atoms with Crippen molar-refractivity contribution in [2.24, 2.45) is 5.92 Å². The van der Waals surface area contributed by atoms with Gasteiger partial charge in [-0.3, -0.25) is 9.59 Å². The van der Waals surface area contributed by atoms with E-state index >= 15 is 0 Å². The predicted octanol–water partition coefficient (Wildman–Crippen LogP) is 4.11. The molecule has 1 aliphatic heterocycles. The van der Waals surface area contributed by atoms with Gasteiger partial charge in [-0.15, -0.1) is 0 Å². The summed E-state index contributed by atoms with van der Waals surface area (Å²) in [4.78, 5) is 31.9. The predicted molar refractivity (Wildman–Crippen MR) is 110 cm³/mol. The molecule has 4 rings (SSSR count). The summed E-state index contributed by atoms with van der Waals surface area (Å²) >= 11 is 5.99. The Bertz CT molecular complexity index is 896. The van der Waals surface area contributed by atoms with E-state index < -0.39 is 11.5 Å². The third-order valence-corrected chi connectivity index (χ3v) is 6.19. The average Bonchev–Trinajstić information content (AvgIpc) is 3.12. The number of amides is 2. The summed E-state index contributed by atoms with van der Waals surface area (Å²) in [5.41, 5.74) is 0.762. The zero-order chi connectivity index (χ0) is 20.6. The van der Waals surface area contributed by atoms with Crippen molar-refractivity contribution < 1.29 is 14.0 Å². The van der Waals surface area contributed by atoms with Crippen molar-refractivity contribution in [3.8, 4) is 0 Å². The highest BCUT2D eigenvalue weighted by molar-refractivity contribution is 6.30. The van der Waals surface area contributed by atoms with Crippen molar-refractivity contribution >= 4 is 23.4 Å². The van der Waals surface area contributed by atoms with Gasteiger partial charge in [0.25, 0.3) is 5.91 Å². The second kappa shape index (κ2) is 7.82. The summed E-state index contributed by atoms with van der Waals surface area (Å²) in [6, 6.07) is 7.06. The summed E-state index contributed by atoms with van der Waals surface area (Å²) in [5.74, 6) is 0.298. The number of likely N-dealkylation sites (tertiary alicyclic amines) is 1. The molecule has 6 nitrogen and oxygen atoms in total. The largest absolute Gasteiger partial charge is 0.446 e. The minimum atomic E-state index is -0.515. The van der Waals surface area contributed by atoms with Crippen LogP contribution in [0.1, 0.15) is 67.5 Å². The molecule has 2 aliphatic rings. The monoisotopic (exact) mass is 415 g/mol. The number of hydrogen-bond acceptors (Lipinski definition) is 4. The van der Waals surface area contributed by atoms with Crippen molar-refractivity contribution in [1.82, 2.24) is 15.2 Å². The van der Waals surface area contributed by atoms with Crippen molar-refractivity contribution in [3.05, 3.63) is 52.7 Å². The molecule has 154 valence electrons. The highest BCUT2D eigenvalue weighted by atomic mass is 35.5. The van der Waals surface area contributed by atoms with Crippen LogP contribution in [0.2, 0.25) is 5.02 Å². The smallest absolute Gasteiger partial charge is 0.275 e. The Morgan fingerprint density at radius 3 is 2.41 bits per heavy atom. The van der Waals surface area contributed by atoms with Gasteiger partial charge >= 0.3 is 0 Å². The third-order valence-electron chi connectivity index (χ3n) is 5.94. The normalized spacial score (nSPS) is 18.7. The maximum atomic E-state index is 13.2. The van der Waals surface area contributed by atoms with Gasteiger partial charge in [-0.2, -0.15) is 0 Å². The molecule has 0 unspecified atom stereocenters. The van der Waals surface area contributed by atoms with Crippen molar-refractivity contribution in [3.63, 3.8) is 0 Å². The Morgan fingerprint density at radius 1 is 1.17 bits per heavy atom. The first kappa shape index (κ1) is 20.0. The van der Waals surface area contributed by atoms with Crippen LogP contribution in [0, 0.1) is 5.92 Å². The van der Waals surface area contributed by atoms with Gasteiger partial charge in [0, 0.05) is 18.1 Å². The fraction of sp³-hybridized carbons (Fsp3) is 0.500. The fourth-order valence-corrected chi connectivity index (χ4v) is 4.07. The second-order valence-electron chi connectivity index (χ2n) is 8.35. The van der Waals surface area contributed by atoms with Gasteiger partial charge in [0.1, 0.15) is 12.3 Å². The first-order valence-corrected chi connectivity index (χ1v) is 10.6. The molecule has 1 saturated heterocycles. The Hall–Kier alpha value is -2.34. The molecule has 2 fully saturated rings. The quantitative estimate of drug-likeness (QED) is 0.770. The highest BCUT2D eigenvalue weighted by Gasteiger charge is 2.52. The van der Waals surface area contributed by atoms with Crippen LogP contribution in [0.5, 0.6) is 0 Å². The fourth-order valence-electron chi connectivity index (χ4n) is 3.94. The van der Waals surface area contributed by atoms with Gasteiger partial charge in [-0.25, -0.2) is 4.98 Å². The van der Waals surface area contributed by atoms with Crippen molar-refractivity contribution in [1.29, 1.82) is 0 Å². The molecular weight excluding hydrogens is 390 g/mol. The first-order valence-electron chi connectivity index (χ1n) is 10.2. The SMILES string of the molecule is CC(C)[C@H](NC(=O)C1(c2ccc(Cl)cc2)CC1)c1nc(C(=O)N2CCCC2)co1. The summed E-state index contributed by atoms with van der Waals surface area (Å²) in [6.45, 7) is 5.52. The number of nitrogens with zero attached hydrogens (tertiary/aromatic N) is 2. The van der Waals surface area contributed by atoms with E-state index in [9.17, 15) is 9.59 Å². The number of benzene rings is 1. The molecule has 2 heterocycles. The number of aromatic nitrogens is 1. The maximum Gasteiger partial charge on any atom is 0.275 e. The number of carbonyl (C=O) groups is 2. The van der Waals surface area contributed by atoms with E-state index in [0.717, 1.165) is 44.3 Å². The minimum absolute atomic E-state index is 0.0378. The number of halogens is 1. The number of oxazole rings is 1. The van der Waals surface area contributed by atoms with Crippen molar-refractivity contribution in [2.45, 2.75) is 51.0 Å². The number of carbonyl (C=O) groups excluding carboxylic acids is 2. The van der Waals surface area contributed by atoms with E-state index in [2.05, 4.69) is 10.3 Å². The van der Waals surface area contributed by atoms with Gasteiger partial charge < -0.3 is 14.6 Å². The van der Waals surface area contributed by atoms with Gasteiger partial charge in [0.2, 0.25) is 11.8 Å². The lowest BCUT2D eigenvalue weighted by molar-refractivity contribution is -0.124. The van der Waals surface area contributed by atoms with Gasteiger partial charge in [-0.05, 0) is 49.3 Å². The van der Waals surface area contributed by atoms with E-state index in [1.165, 1.54) is 6.26 Å². The molecule has 2 aromatic rings. The van der Waals surface area contributed by atoms with Crippen LogP contribution in [-0.2, 0) is 10.2 Å². The molecule has 1 aromatic heterocycles. The van der Waals surface area contributed by atoms with E-state index in [0.29, 0.717) is 16.6 Å². The molecule has 0 bridgehead atoms. The zero-order valence-electron chi connectivity index (χ0n) is 16.8. The minimum Gasteiger partial charge on any atom is -0.446 e. The summed E-state index contributed by atoms with van der Waals surface area (Å²) in [7, 11) is 0. The standard InChI is InChI=1S/C22H26ClN3O3/c1-14(2)18(19-24-17(13-29-19)20(27)26-11-3-4-12-26)25-21(28)22(9-10-22)15-5-7-16(23)8-6-15/h5-8,13-14,18H,3-4,9-12H2,1-2H3,(H,25,28)/t18-/m0/s1. The van der Waals surface area contributed by atoms with Crippen LogP contribution in [-0.4, -0.2) is 34.8 Å². The molecule has 0 radical (unpaired) electrons. The zero-order valence-corrected chi connectivity index (χ0v) is 17.5. The molecule has 1 saturated carbocycles. The van der Waals surface area contributed by atoms with Gasteiger partial charge in [-0.1, -0.05) is 37.6 Å². The van der Waals surface area contributed by atoms with Crippen LogP contribution in [0.3, 0.4) is 0 Å². The summed E-state index contributed by atoms with van der Waals surface area (Å²) in [6.07, 6.45) is 5.05. The summed E-state index contributed by atoms with van der Waals surface area (Å²) < 4.78 is 5.63. The van der Waals surface area contributed by atoms with Gasteiger partial charge in [0.15, 0.2) is 5.69 Å². The van der Waals surface area contributed by atoms with Crippen LogP contribution in [0.25, 0.3) is 0 Å². The molecule has 2 amide bonds. The van der Waals surface area contributed by atoms with Crippen LogP contribution >= 0.6 is 11.6 Å². The average molecular weight is 416 g/mol. The van der Waals surface area contributed by atoms with Crippen molar-refractivity contribution in [2.75, 3.05) is 13.1 Å². The van der Waals surface area contributed by atoms with E-state index in [-0.39, 0.29) is 17.7 Å². The molecule has 1 aliphatic carbocycles. The Labute approximate surface area is 175 Å². The highest BCUT2D eigenvalue weighted by Crippen LogP contribution is 2.49. The Kier molecular flexibility index (Phi) is 5.38. The van der Waals surface area contributed by atoms with Gasteiger partial charge in [0.05, 0.1) is 5.41 Å². The van der Waals surface area contributed by atoms with E-state index in [1.54, 1.807) is 4.90 Å². The number of hydrogen-bond donors (Lipinski definition) is 1. The molecule has 1 atom stereocenters. The maximum absolute atomic E-state index is 13.2. The Balaban J connectivity index is 1.50. The molecule has 1 aromatic carbocycles. The number of nitrogens with one attached hydrogen (secondary N) is 1. The molecule has 0 spiro atoms. The van der Waals surface area contributed by atoms with Crippen LogP contribution in [0.15, 0.2) is 34.9 Å². The number of rotatable bonds is 6. The molecular formula is C22H26ClN3O3. The lowest BCUT2D eigenvalue weighted by atomic mass is 9.93. The van der Waals surface area contributed by atoms with Crippen LogP contribution < -0.4 is 5.32 Å². The van der Waals surface area contributed by atoms with Crippen LogP contribution in [0.4, 0.5) is 0 Å². The lowest BCUT2D eigenvalue weighted by Crippen LogP contribution is -2.39. The lowest BCUT2D eigenvalue weighted by Gasteiger charge is -2.23. The molecule has 29 heavy (non-hydrogen) atoms. The second-order valence-corrected chi connectivity index (χ2v) is 8.79. The Morgan fingerprint density at radius 2 is 1.83 bits per heavy atom. The third kappa shape index (κ3) is 3.90.